The Bertz CT molecular complexity index is 1400. The van der Waals surface area contributed by atoms with Crippen molar-refractivity contribution < 1.29 is 38.1 Å². The first-order chi connectivity index (χ1) is 25.1. The number of fused-ring (bicyclic) bond motifs is 1. The van der Waals surface area contributed by atoms with Gasteiger partial charge in [0.05, 0.1) is 52.7 Å². The summed E-state index contributed by atoms with van der Waals surface area (Å²) in [7, 11) is 0. The molecule has 2 N–H and O–H groups in total. The quantitative estimate of drug-likeness (QED) is 0.270. The van der Waals surface area contributed by atoms with E-state index in [0.29, 0.717) is 26.3 Å². The number of nitrogens with zero attached hydrogens (tertiary/aromatic N) is 2. The topological polar surface area (TPSA) is 136 Å². The van der Waals surface area contributed by atoms with E-state index in [0.717, 1.165) is 90.9 Å². The molecule has 0 aromatic heterocycles. The number of hydrogen-bond acceptors (Lipinski definition) is 10. The molecule has 0 unspecified atom stereocenters. The Morgan fingerprint density at radius 2 is 1.06 bits per heavy atom. The molecule has 0 saturated carbocycles. The molecule has 0 atom stereocenters. The van der Waals surface area contributed by atoms with E-state index in [9.17, 15) is 19.2 Å². The van der Waals surface area contributed by atoms with Gasteiger partial charge in [0.25, 0.3) is 11.8 Å². The molecular formula is C40H60N4O8. The minimum Gasteiger partial charge on any atom is -0.465 e. The maximum atomic E-state index is 12.9. The normalized spacial score (nSPS) is 16.2. The number of aryl methyl sites for hydroxylation is 6. The second-order valence-corrected chi connectivity index (χ2v) is 12.8. The lowest BCUT2D eigenvalue weighted by atomic mass is 9.85. The fraction of sp³-hybridized carbons (Fsp3) is 0.600. The van der Waals surface area contributed by atoms with Crippen LogP contribution in [0.25, 0.3) is 0 Å². The minimum absolute atomic E-state index is 0.103. The molecule has 2 aromatic rings. The highest BCUT2D eigenvalue weighted by Gasteiger charge is 2.48. The molecule has 0 aliphatic carbocycles. The molecule has 0 spiro atoms. The van der Waals surface area contributed by atoms with Gasteiger partial charge < -0.3 is 18.9 Å². The molecule has 0 bridgehead atoms. The first-order valence-electron chi connectivity index (χ1n) is 18.9. The van der Waals surface area contributed by atoms with Crippen molar-refractivity contribution in [3.8, 4) is 0 Å². The molecule has 3 saturated heterocycles. The lowest BCUT2D eigenvalue weighted by molar-refractivity contribution is -0.157. The van der Waals surface area contributed by atoms with Crippen molar-refractivity contribution in [3.63, 3.8) is 0 Å². The standard InChI is InChI=1S/C18H24N2O3.C18H26O4.C4H10N2O/c1-4-13-10-12(3)11-14(5-2)15(13)16-17(21)19-6-8-23-9-7-20(19)18(16)22;1-6-13-10-12(5)11-14(7-2)15(13)16(17(19)21-8-3)18(20)22-9-4;1-3-7-4-2-6-5-1/h10-11,16H,4-9H2,1-3H3;10-11,16H,6-9H2,1-5H3;5-6H,1-4H2. The van der Waals surface area contributed by atoms with Crippen molar-refractivity contribution in [2.75, 3.05) is 65.8 Å². The molecule has 3 aliphatic rings. The third kappa shape index (κ3) is 10.8. The van der Waals surface area contributed by atoms with E-state index in [1.807, 2.05) is 32.9 Å². The predicted molar refractivity (Wildman–Crippen MR) is 200 cm³/mol. The minimum atomic E-state index is -0.995. The second-order valence-electron chi connectivity index (χ2n) is 12.8. The number of esters is 2. The van der Waals surface area contributed by atoms with E-state index in [4.69, 9.17) is 18.9 Å². The van der Waals surface area contributed by atoms with E-state index in [1.54, 1.807) is 23.9 Å². The molecule has 3 fully saturated rings. The van der Waals surface area contributed by atoms with Gasteiger partial charge >= 0.3 is 11.9 Å². The van der Waals surface area contributed by atoms with Crippen molar-refractivity contribution in [1.82, 2.24) is 20.9 Å². The second kappa shape index (κ2) is 21.6. The number of carbonyl (C=O) groups excluding carboxylic acids is 4. The number of benzene rings is 2. The predicted octanol–water partition coefficient (Wildman–Crippen LogP) is 4.26. The van der Waals surface area contributed by atoms with Crippen molar-refractivity contribution in [3.05, 3.63) is 68.8 Å². The van der Waals surface area contributed by atoms with Gasteiger partial charge in [-0.1, -0.05) is 63.1 Å². The van der Waals surface area contributed by atoms with Gasteiger partial charge in [0.1, 0.15) is 5.92 Å². The maximum absolute atomic E-state index is 12.9. The number of nitrogens with one attached hydrogen (secondary N) is 2. The number of carbonyl (C=O) groups is 4. The van der Waals surface area contributed by atoms with Crippen LogP contribution in [0.2, 0.25) is 0 Å². The van der Waals surface area contributed by atoms with Crippen LogP contribution in [-0.4, -0.2) is 99.6 Å². The Morgan fingerprint density at radius 1 is 0.673 bits per heavy atom. The Balaban J connectivity index is 0.000000236. The van der Waals surface area contributed by atoms with E-state index < -0.39 is 23.8 Å². The summed E-state index contributed by atoms with van der Waals surface area (Å²) in [6.07, 6.45) is 3.15. The Kier molecular flexibility index (Phi) is 17.7. The summed E-state index contributed by atoms with van der Waals surface area (Å²) in [5, 5.41) is 3.16. The van der Waals surface area contributed by atoms with Crippen molar-refractivity contribution in [2.24, 2.45) is 0 Å². The molecule has 0 radical (unpaired) electrons. The van der Waals surface area contributed by atoms with Crippen LogP contribution >= 0.6 is 0 Å². The molecule has 52 heavy (non-hydrogen) atoms. The van der Waals surface area contributed by atoms with Crippen LogP contribution in [0.15, 0.2) is 24.3 Å². The van der Waals surface area contributed by atoms with Gasteiger partial charge in [-0.2, -0.15) is 0 Å². The number of hydrogen-bond donors (Lipinski definition) is 2. The molecular weight excluding hydrogens is 664 g/mol. The summed E-state index contributed by atoms with van der Waals surface area (Å²) < 4.78 is 20.7. The summed E-state index contributed by atoms with van der Waals surface area (Å²) >= 11 is 0. The highest BCUT2D eigenvalue weighted by atomic mass is 16.6. The van der Waals surface area contributed by atoms with Crippen LogP contribution in [0.4, 0.5) is 0 Å². The number of rotatable bonds is 10. The van der Waals surface area contributed by atoms with Crippen molar-refractivity contribution >= 4 is 23.8 Å². The smallest absolute Gasteiger partial charge is 0.324 e. The first kappa shape index (κ1) is 42.6. The highest BCUT2D eigenvalue weighted by molar-refractivity contribution is 6.10. The molecule has 3 heterocycles. The Labute approximate surface area is 309 Å². The molecule has 12 heteroatoms. The average molecular weight is 725 g/mol. The van der Waals surface area contributed by atoms with Crippen molar-refractivity contribution in [2.45, 2.75) is 92.9 Å². The Morgan fingerprint density at radius 3 is 1.44 bits per heavy atom. The Hall–Kier alpha value is -3.84. The molecule has 12 nitrogen and oxygen atoms in total. The van der Waals surface area contributed by atoms with E-state index in [2.05, 4.69) is 43.8 Å². The summed E-state index contributed by atoms with van der Waals surface area (Å²) in [6.45, 7) is 21.6. The first-order valence-corrected chi connectivity index (χ1v) is 18.9. The van der Waals surface area contributed by atoms with Gasteiger partial charge in [-0.15, -0.1) is 0 Å². The lowest BCUT2D eigenvalue weighted by Gasteiger charge is -2.23. The SMILES string of the molecule is C1COCCNN1.CCOC(=O)C(C(=O)OCC)c1c(CC)cc(C)cc1CC.CCc1cc(C)cc(CC)c1C1C(=O)N2CCOCCN2C1=O. The summed E-state index contributed by atoms with van der Waals surface area (Å²) in [4.78, 5) is 50.6. The van der Waals surface area contributed by atoms with Gasteiger partial charge in [-0.05, 0) is 86.8 Å². The molecule has 2 aromatic carbocycles. The monoisotopic (exact) mass is 724 g/mol. The maximum Gasteiger partial charge on any atom is 0.324 e. The number of ether oxygens (including phenoxy) is 4. The molecule has 3 aliphatic heterocycles. The zero-order chi connectivity index (χ0) is 38.2. The van der Waals surface area contributed by atoms with E-state index in [1.165, 1.54) is 5.56 Å². The summed E-state index contributed by atoms with van der Waals surface area (Å²) in [5.41, 5.74) is 14.2. The average Bonchev–Trinajstić information content (AvgIpc) is 3.48. The third-order valence-corrected chi connectivity index (χ3v) is 9.19. The summed E-state index contributed by atoms with van der Waals surface area (Å²) in [5.74, 6) is -2.95. The van der Waals surface area contributed by atoms with Gasteiger partial charge in [0.2, 0.25) is 0 Å². The van der Waals surface area contributed by atoms with Crippen LogP contribution in [-0.2, 0) is 63.8 Å². The van der Waals surface area contributed by atoms with Crippen LogP contribution in [0.1, 0.15) is 97.9 Å². The van der Waals surface area contributed by atoms with Crippen LogP contribution in [0.3, 0.4) is 0 Å². The third-order valence-electron chi connectivity index (χ3n) is 9.19. The van der Waals surface area contributed by atoms with Crippen LogP contribution in [0, 0.1) is 13.8 Å². The fourth-order valence-electron chi connectivity index (χ4n) is 6.88. The molecule has 288 valence electrons. The van der Waals surface area contributed by atoms with Crippen molar-refractivity contribution in [1.29, 1.82) is 0 Å². The fourth-order valence-corrected chi connectivity index (χ4v) is 6.88. The largest absolute Gasteiger partial charge is 0.465 e. The van der Waals surface area contributed by atoms with Gasteiger partial charge in [0.15, 0.2) is 5.92 Å². The number of hydrazine groups is 2. The zero-order valence-electron chi connectivity index (χ0n) is 32.5. The lowest BCUT2D eigenvalue weighted by Crippen LogP contribution is -2.41. The van der Waals surface area contributed by atoms with Crippen LogP contribution in [0.5, 0.6) is 0 Å². The highest BCUT2D eigenvalue weighted by Crippen LogP contribution is 2.35. The van der Waals surface area contributed by atoms with Crippen LogP contribution < -0.4 is 10.9 Å². The van der Waals surface area contributed by atoms with Gasteiger partial charge in [0, 0.05) is 13.1 Å². The van der Waals surface area contributed by atoms with E-state index in [-0.39, 0.29) is 25.0 Å². The number of amides is 2. The summed E-state index contributed by atoms with van der Waals surface area (Å²) in [6, 6.07) is 8.27. The molecule has 2 amide bonds. The van der Waals surface area contributed by atoms with Gasteiger partial charge in [-0.25, -0.2) is 10.0 Å². The van der Waals surface area contributed by atoms with Gasteiger partial charge in [-0.3, -0.25) is 30.0 Å². The zero-order valence-corrected chi connectivity index (χ0v) is 32.5. The molecule has 5 rings (SSSR count). The van der Waals surface area contributed by atoms with E-state index >= 15 is 0 Å².